The Morgan fingerprint density at radius 2 is 1.91 bits per heavy atom. The second-order valence-electron chi connectivity index (χ2n) is 7.58. The van der Waals surface area contributed by atoms with E-state index in [1.165, 1.54) is 5.56 Å². The normalized spacial score (nSPS) is 15.9. The fourth-order valence-electron chi connectivity index (χ4n) is 3.91. The van der Waals surface area contributed by atoms with Crippen LogP contribution >= 0.6 is 23.1 Å². The number of aryl methyl sites for hydroxylation is 2. The molecule has 32 heavy (non-hydrogen) atoms. The summed E-state index contributed by atoms with van der Waals surface area (Å²) in [5.41, 5.74) is 4.95. The van der Waals surface area contributed by atoms with Gasteiger partial charge in [-0.05, 0) is 49.2 Å². The van der Waals surface area contributed by atoms with E-state index in [9.17, 15) is 4.79 Å². The average Bonchev–Trinajstić information content (AvgIpc) is 3.28. The first kappa shape index (κ1) is 20.8. The molecule has 0 saturated heterocycles. The van der Waals surface area contributed by atoms with E-state index < -0.39 is 0 Å². The summed E-state index contributed by atoms with van der Waals surface area (Å²) in [4.78, 5) is 17.4. The Kier molecular flexibility index (Phi) is 5.30. The molecule has 1 unspecified atom stereocenters. The predicted molar refractivity (Wildman–Crippen MR) is 129 cm³/mol. The Labute approximate surface area is 193 Å². The summed E-state index contributed by atoms with van der Waals surface area (Å²) >= 11 is 3.13. The van der Waals surface area contributed by atoms with E-state index in [-0.39, 0.29) is 11.2 Å². The lowest BCUT2D eigenvalue weighted by Gasteiger charge is -2.17. The van der Waals surface area contributed by atoms with Crippen molar-refractivity contribution in [3.8, 4) is 16.6 Å². The molecule has 5 rings (SSSR count). The van der Waals surface area contributed by atoms with Crippen LogP contribution in [0.3, 0.4) is 0 Å². The van der Waals surface area contributed by atoms with Crippen LogP contribution in [0.15, 0.2) is 36.4 Å². The number of hydrogen-bond donors (Lipinski definition) is 1. The number of hydrogen-bond acceptors (Lipinski definition) is 7. The Hall–Kier alpha value is -3.04. The highest BCUT2D eigenvalue weighted by atomic mass is 32.2. The number of nitrogens with one attached hydrogen (secondary N) is 1. The molecule has 2 aromatic carbocycles. The molecule has 0 spiro atoms. The van der Waals surface area contributed by atoms with Gasteiger partial charge < -0.3 is 14.8 Å². The number of methoxy groups -OCH3 is 2. The van der Waals surface area contributed by atoms with Gasteiger partial charge in [0.05, 0.1) is 41.1 Å². The second-order valence-corrected chi connectivity index (χ2v) is 9.68. The maximum Gasteiger partial charge on any atom is 0.235 e. The van der Waals surface area contributed by atoms with E-state index in [0.717, 1.165) is 32.2 Å². The maximum atomic E-state index is 12.6. The molecule has 164 valence electrons. The molecule has 1 atom stereocenters. The zero-order valence-corrected chi connectivity index (χ0v) is 19.8. The molecule has 4 aromatic rings. The van der Waals surface area contributed by atoms with Crippen molar-refractivity contribution < 1.29 is 14.3 Å². The first-order valence-corrected chi connectivity index (χ1v) is 12.0. The molecule has 1 aliphatic heterocycles. The number of thioether (sulfide) groups is 1. The lowest BCUT2D eigenvalue weighted by molar-refractivity contribution is -0.113. The molecule has 3 heterocycles. The minimum Gasteiger partial charge on any atom is -0.493 e. The molecule has 0 aliphatic carbocycles. The van der Waals surface area contributed by atoms with Gasteiger partial charge in [-0.2, -0.15) is 9.78 Å². The van der Waals surface area contributed by atoms with Gasteiger partial charge in [-0.1, -0.05) is 23.5 Å². The van der Waals surface area contributed by atoms with Crippen LogP contribution in [-0.4, -0.2) is 40.6 Å². The number of fused-ring (bicyclic) bond motifs is 2. The smallest absolute Gasteiger partial charge is 0.235 e. The van der Waals surface area contributed by atoms with Gasteiger partial charge in [0, 0.05) is 5.56 Å². The first-order chi connectivity index (χ1) is 15.5. The molecular weight excluding hydrogens is 444 g/mol. The number of anilines is 1. The third kappa shape index (κ3) is 3.51. The third-order valence-corrected chi connectivity index (χ3v) is 7.70. The number of carbonyl (C=O) groups is 1. The molecule has 7 nitrogen and oxygen atoms in total. The van der Waals surface area contributed by atoms with Crippen LogP contribution in [0.4, 0.5) is 5.82 Å². The van der Waals surface area contributed by atoms with Crippen molar-refractivity contribution in [3.05, 3.63) is 58.8 Å². The predicted octanol–water partition coefficient (Wildman–Crippen LogP) is 4.89. The van der Waals surface area contributed by atoms with Crippen LogP contribution in [0.2, 0.25) is 0 Å². The van der Waals surface area contributed by atoms with Crippen molar-refractivity contribution in [2.75, 3.05) is 25.3 Å². The van der Waals surface area contributed by atoms with E-state index in [2.05, 4.69) is 18.3 Å². The molecule has 0 bridgehead atoms. The topological polar surface area (TPSA) is 78.3 Å². The average molecular weight is 467 g/mol. The largest absolute Gasteiger partial charge is 0.493 e. The van der Waals surface area contributed by atoms with Gasteiger partial charge in [0.25, 0.3) is 0 Å². The van der Waals surface area contributed by atoms with Crippen LogP contribution < -0.4 is 14.8 Å². The molecule has 1 amide bonds. The Morgan fingerprint density at radius 3 is 2.69 bits per heavy atom. The van der Waals surface area contributed by atoms with Crippen molar-refractivity contribution >= 4 is 45.0 Å². The molecule has 0 saturated carbocycles. The Balaban J connectivity index is 1.66. The van der Waals surface area contributed by atoms with Gasteiger partial charge in [-0.15, -0.1) is 11.8 Å². The lowest BCUT2D eigenvalue weighted by Crippen LogP contribution is -2.15. The number of aromatic nitrogens is 3. The zero-order valence-electron chi connectivity index (χ0n) is 18.1. The Bertz CT molecular complexity index is 1340. The summed E-state index contributed by atoms with van der Waals surface area (Å²) in [6, 6.07) is 12.0. The van der Waals surface area contributed by atoms with Gasteiger partial charge in [0.1, 0.15) is 5.82 Å². The van der Waals surface area contributed by atoms with Gasteiger partial charge in [-0.25, -0.2) is 4.98 Å². The highest BCUT2D eigenvalue weighted by molar-refractivity contribution is 8.00. The summed E-state index contributed by atoms with van der Waals surface area (Å²) in [6.07, 6.45) is 0. The standard InChI is InChI=1S/C23H22N4O3S2/c1-12-5-7-15-18(9-12)32-23(24-15)27-22-20(13(2)26-27)21(31-11-19(28)25-22)14-6-8-16(29-3)17(10-14)30-4/h5-10,21H,11H2,1-4H3,(H,25,28). The number of ether oxygens (including phenoxy) is 2. The van der Waals surface area contributed by atoms with Crippen molar-refractivity contribution in [2.24, 2.45) is 0 Å². The molecule has 2 aromatic heterocycles. The fraction of sp³-hybridized carbons (Fsp3) is 0.261. The highest BCUT2D eigenvalue weighted by Gasteiger charge is 2.31. The number of amides is 1. The minimum atomic E-state index is -0.0888. The van der Waals surface area contributed by atoms with E-state index in [4.69, 9.17) is 19.6 Å². The number of rotatable bonds is 4. The summed E-state index contributed by atoms with van der Waals surface area (Å²) in [6.45, 7) is 4.03. The molecule has 1 aliphatic rings. The monoisotopic (exact) mass is 466 g/mol. The quantitative estimate of drug-likeness (QED) is 0.461. The van der Waals surface area contributed by atoms with Crippen LogP contribution in [0.5, 0.6) is 11.5 Å². The summed E-state index contributed by atoms with van der Waals surface area (Å²) < 4.78 is 13.8. The molecule has 0 radical (unpaired) electrons. The van der Waals surface area contributed by atoms with Gasteiger partial charge >= 0.3 is 0 Å². The van der Waals surface area contributed by atoms with E-state index in [1.807, 2.05) is 37.3 Å². The van der Waals surface area contributed by atoms with Crippen LogP contribution in [-0.2, 0) is 4.79 Å². The van der Waals surface area contributed by atoms with E-state index in [0.29, 0.717) is 23.1 Å². The number of carbonyl (C=O) groups excluding carboxylic acids is 1. The second kappa shape index (κ2) is 8.14. The van der Waals surface area contributed by atoms with Crippen molar-refractivity contribution in [2.45, 2.75) is 19.1 Å². The summed E-state index contributed by atoms with van der Waals surface area (Å²) in [5.74, 6) is 2.28. The summed E-state index contributed by atoms with van der Waals surface area (Å²) in [7, 11) is 3.24. The number of thiazole rings is 1. The molecule has 9 heteroatoms. The molecule has 0 fully saturated rings. The fourth-order valence-corrected chi connectivity index (χ4v) is 6.11. The number of nitrogens with zero attached hydrogens (tertiary/aromatic N) is 3. The molecule has 1 N–H and O–H groups in total. The van der Waals surface area contributed by atoms with E-state index >= 15 is 0 Å². The molecular formula is C23H22N4O3S2. The zero-order chi connectivity index (χ0) is 22.4. The van der Waals surface area contributed by atoms with Crippen molar-refractivity contribution in [1.29, 1.82) is 0 Å². The van der Waals surface area contributed by atoms with Gasteiger partial charge in [0.2, 0.25) is 11.0 Å². The minimum absolute atomic E-state index is 0.0580. The third-order valence-electron chi connectivity index (χ3n) is 5.43. The maximum absolute atomic E-state index is 12.6. The lowest BCUT2D eigenvalue weighted by atomic mass is 10.0. The first-order valence-electron chi connectivity index (χ1n) is 10.1. The highest BCUT2D eigenvalue weighted by Crippen LogP contribution is 2.46. The van der Waals surface area contributed by atoms with E-state index in [1.54, 1.807) is 42.0 Å². The van der Waals surface area contributed by atoms with Crippen molar-refractivity contribution in [3.63, 3.8) is 0 Å². The van der Waals surface area contributed by atoms with Gasteiger partial charge in [0.15, 0.2) is 11.5 Å². The SMILES string of the molecule is COc1ccc(C2SCC(=O)Nc3c2c(C)nn3-c2nc3ccc(C)cc3s2)cc1OC. The summed E-state index contributed by atoms with van der Waals surface area (Å²) in [5, 5.41) is 8.50. The van der Waals surface area contributed by atoms with Crippen LogP contribution in [0.25, 0.3) is 15.3 Å². The Morgan fingerprint density at radius 1 is 1.09 bits per heavy atom. The van der Waals surface area contributed by atoms with Crippen LogP contribution in [0, 0.1) is 13.8 Å². The van der Waals surface area contributed by atoms with Gasteiger partial charge in [-0.3, -0.25) is 4.79 Å². The van der Waals surface area contributed by atoms with Crippen molar-refractivity contribution in [1.82, 2.24) is 14.8 Å². The van der Waals surface area contributed by atoms with Crippen LogP contribution in [0.1, 0.15) is 27.6 Å². The number of benzene rings is 2.